The second kappa shape index (κ2) is 12.7. The minimum atomic E-state index is -3.96. The van der Waals surface area contributed by atoms with Crippen LogP contribution in [0.1, 0.15) is 27.0 Å². The number of hydrogen-bond donors (Lipinski definition) is 3. The van der Waals surface area contributed by atoms with Crippen LogP contribution in [0, 0.1) is 0 Å². The maximum atomic E-state index is 15.5. The molecule has 6 atom stereocenters. The van der Waals surface area contributed by atoms with Crippen LogP contribution in [0.15, 0.2) is 64.3 Å². The molecule has 0 bridgehead atoms. The number of carbonyl (C=O) groups is 1. The molecule has 2 heterocycles. The molecular formula is C26H29F3N3O8PS. The number of aromatic nitrogens is 2. The summed E-state index contributed by atoms with van der Waals surface area (Å²) in [6.45, 7) is -0.552. The standard InChI is InChI=1S/C26H29F3N3O8PS/c1-14(2)38-23(35)15(3)31-41(42,40-18-9-8-16-6-4-5-7-17(16)12-18)37-13-26(24(28)29)21(27)20(34)22(39-26)32-11-10-19(33)30-25(32)36/h4-12,14-15,20-22,24,34H,13H2,1-3H3,(H,31,42)(H,30,33,36)/t15-,20+,21+,22+,26+,41?/m0/s1. The highest BCUT2D eigenvalue weighted by atomic mass is 32.5. The van der Waals surface area contributed by atoms with Gasteiger partial charge in [0.05, 0.1) is 12.7 Å². The number of aliphatic hydroxyl groups excluding tert-OH is 1. The zero-order chi connectivity index (χ0) is 30.8. The van der Waals surface area contributed by atoms with Gasteiger partial charge in [0.1, 0.15) is 17.9 Å². The number of halogens is 3. The van der Waals surface area contributed by atoms with E-state index in [0.29, 0.717) is 4.57 Å². The molecule has 0 aliphatic carbocycles. The maximum Gasteiger partial charge on any atom is 0.330 e. The fourth-order valence-corrected chi connectivity index (χ4v) is 6.67. The number of nitrogens with zero attached hydrogens (tertiary/aromatic N) is 1. The number of alkyl halides is 3. The van der Waals surface area contributed by atoms with Gasteiger partial charge in [-0.1, -0.05) is 30.3 Å². The lowest BCUT2D eigenvalue weighted by Gasteiger charge is -2.33. The quantitative estimate of drug-likeness (QED) is 0.214. The van der Waals surface area contributed by atoms with E-state index in [4.69, 9.17) is 30.3 Å². The van der Waals surface area contributed by atoms with Crippen molar-refractivity contribution in [2.75, 3.05) is 6.61 Å². The van der Waals surface area contributed by atoms with E-state index in [2.05, 4.69) is 5.09 Å². The van der Waals surface area contributed by atoms with Crippen LogP contribution in [0.2, 0.25) is 0 Å². The third-order valence-corrected chi connectivity index (χ3v) is 8.84. The van der Waals surface area contributed by atoms with Crippen LogP contribution in [0.4, 0.5) is 13.2 Å². The number of aliphatic hydroxyl groups is 1. The van der Waals surface area contributed by atoms with E-state index in [1.807, 2.05) is 17.1 Å². The molecule has 1 saturated heterocycles. The summed E-state index contributed by atoms with van der Waals surface area (Å²) in [5.74, 6) is -0.566. The van der Waals surface area contributed by atoms with Crippen LogP contribution in [0.5, 0.6) is 5.75 Å². The molecule has 42 heavy (non-hydrogen) atoms. The van der Waals surface area contributed by atoms with Crippen molar-refractivity contribution in [2.24, 2.45) is 0 Å². The number of rotatable bonds is 11. The molecule has 1 aliphatic heterocycles. The highest BCUT2D eigenvalue weighted by molar-refractivity contribution is 8.09. The summed E-state index contributed by atoms with van der Waals surface area (Å²) in [4.78, 5) is 38.1. The Kier molecular flexibility index (Phi) is 9.60. The van der Waals surface area contributed by atoms with E-state index >= 15 is 4.39 Å². The van der Waals surface area contributed by atoms with Gasteiger partial charge < -0.3 is 23.6 Å². The van der Waals surface area contributed by atoms with Crippen LogP contribution < -0.4 is 20.9 Å². The third kappa shape index (κ3) is 6.77. The summed E-state index contributed by atoms with van der Waals surface area (Å²) in [7, 11) is 0. The van der Waals surface area contributed by atoms with Crippen molar-refractivity contribution in [1.29, 1.82) is 0 Å². The van der Waals surface area contributed by atoms with Gasteiger partial charge in [-0.3, -0.25) is 19.1 Å². The molecule has 3 N–H and O–H groups in total. The Hall–Kier alpha value is -3.07. The summed E-state index contributed by atoms with van der Waals surface area (Å²) in [5, 5.41) is 14.8. The highest BCUT2D eigenvalue weighted by Crippen LogP contribution is 2.50. The molecular weight excluding hydrogens is 602 g/mol. The van der Waals surface area contributed by atoms with Gasteiger partial charge in [0.25, 0.3) is 12.0 Å². The SMILES string of the molecule is CC(C)OC(=O)[C@H](C)NP(=S)(OC[C@@]1(C(F)F)O[C@@H](n2ccc(=O)[nH]c2=O)[C@H](O)[C@H]1F)Oc1ccc2ccccc2c1. The topological polar surface area (TPSA) is 141 Å². The minimum Gasteiger partial charge on any atom is -0.462 e. The van der Waals surface area contributed by atoms with Gasteiger partial charge in [-0.05, 0) is 55.5 Å². The average Bonchev–Trinajstić information content (AvgIpc) is 3.17. The monoisotopic (exact) mass is 631 g/mol. The number of aromatic amines is 1. The van der Waals surface area contributed by atoms with E-state index < -0.39 is 73.1 Å². The summed E-state index contributed by atoms with van der Waals surface area (Å²) in [5.41, 5.74) is -5.03. The predicted molar refractivity (Wildman–Crippen MR) is 150 cm³/mol. The molecule has 16 heteroatoms. The number of carbonyl (C=O) groups excluding carboxylic acids is 1. The van der Waals surface area contributed by atoms with Crippen LogP contribution in [-0.2, 0) is 30.6 Å². The van der Waals surface area contributed by atoms with E-state index in [0.717, 1.165) is 23.0 Å². The lowest BCUT2D eigenvalue weighted by atomic mass is 9.98. The zero-order valence-electron chi connectivity index (χ0n) is 22.6. The third-order valence-electron chi connectivity index (χ3n) is 6.36. The van der Waals surface area contributed by atoms with Gasteiger partial charge in [0, 0.05) is 12.3 Å². The second-order valence-corrected chi connectivity index (χ2v) is 13.0. The normalized spacial score (nSPS) is 24.5. The van der Waals surface area contributed by atoms with E-state index in [1.54, 1.807) is 44.2 Å². The molecule has 0 radical (unpaired) electrons. The number of nitrogens with one attached hydrogen (secondary N) is 2. The average molecular weight is 632 g/mol. The Bertz CT molecular complexity index is 1600. The van der Waals surface area contributed by atoms with Gasteiger partial charge in [-0.2, -0.15) is 0 Å². The van der Waals surface area contributed by atoms with Crippen LogP contribution in [0.3, 0.4) is 0 Å². The first-order valence-corrected chi connectivity index (χ1v) is 15.4. The molecule has 3 aromatic rings. The molecule has 1 aliphatic rings. The van der Waals surface area contributed by atoms with Crippen molar-refractivity contribution in [3.8, 4) is 5.75 Å². The molecule has 0 saturated carbocycles. The second-order valence-electron chi connectivity index (χ2n) is 9.88. The van der Waals surface area contributed by atoms with Crippen molar-refractivity contribution in [3.63, 3.8) is 0 Å². The Morgan fingerprint density at radius 2 is 1.88 bits per heavy atom. The molecule has 228 valence electrons. The molecule has 4 rings (SSSR count). The Balaban J connectivity index is 1.65. The number of H-pyrrole nitrogens is 1. The zero-order valence-corrected chi connectivity index (χ0v) is 24.3. The van der Waals surface area contributed by atoms with Crippen LogP contribution in [-0.4, -0.2) is 63.7 Å². The van der Waals surface area contributed by atoms with Crippen molar-refractivity contribution in [3.05, 3.63) is 75.6 Å². The van der Waals surface area contributed by atoms with Crippen LogP contribution in [0.25, 0.3) is 10.8 Å². The number of esters is 1. The van der Waals surface area contributed by atoms with Crippen molar-refractivity contribution in [2.45, 2.75) is 63.4 Å². The first kappa shape index (κ1) is 31.9. The first-order valence-electron chi connectivity index (χ1n) is 12.8. The molecule has 0 spiro atoms. The molecule has 2 aromatic carbocycles. The van der Waals surface area contributed by atoms with Gasteiger partial charge in [0.15, 0.2) is 18.0 Å². The smallest absolute Gasteiger partial charge is 0.330 e. The predicted octanol–water partition coefficient (Wildman–Crippen LogP) is 3.17. The number of ether oxygens (including phenoxy) is 2. The fourth-order valence-electron chi connectivity index (χ4n) is 4.25. The number of fused-ring (bicyclic) bond motifs is 1. The maximum absolute atomic E-state index is 15.5. The van der Waals surface area contributed by atoms with Crippen LogP contribution >= 0.6 is 6.64 Å². The highest BCUT2D eigenvalue weighted by Gasteiger charge is 2.62. The van der Waals surface area contributed by atoms with Gasteiger partial charge in [0.2, 0.25) is 0 Å². The van der Waals surface area contributed by atoms with Crippen molar-refractivity contribution in [1.82, 2.24) is 14.6 Å². The summed E-state index contributed by atoms with van der Waals surface area (Å²) in [6, 6.07) is 11.9. The summed E-state index contributed by atoms with van der Waals surface area (Å²) in [6.07, 6.45) is -10.1. The van der Waals surface area contributed by atoms with Crippen molar-refractivity contribution >= 4 is 35.2 Å². The molecule has 0 amide bonds. The van der Waals surface area contributed by atoms with Gasteiger partial charge in [-0.15, -0.1) is 0 Å². The number of hydrogen-bond acceptors (Lipinski definition) is 9. The van der Waals surface area contributed by atoms with E-state index in [1.165, 1.54) is 6.92 Å². The fraction of sp³-hybridized carbons (Fsp3) is 0.423. The molecule has 1 fully saturated rings. The molecule has 1 unspecified atom stereocenters. The Morgan fingerprint density at radius 3 is 2.52 bits per heavy atom. The number of benzene rings is 2. The Labute approximate surface area is 242 Å². The molecule has 11 nitrogen and oxygen atoms in total. The van der Waals surface area contributed by atoms with Gasteiger partial charge in [-0.25, -0.2) is 23.1 Å². The summed E-state index contributed by atoms with van der Waals surface area (Å²) >= 11 is 5.58. The summed E-state index contributed by atoms with van der Waals surface area (Å²) < 4.78 is 67.1. The van der Waals surface area contributed by atoms with Crippen molar-refractivity contribution < 1.29 is 41.6 Å². The first-order chi connectivity index (χ1) is 19.7. The molecule has 1 aromatic heterocycles. The lowest BCUT2D eigenvalue weighted by molar-refractivity contribution is -0.182. The minimum absolute atomic E-state index is 0.168. The van der Waals surface area contributed by atoms with Gasteiger partial charge >= 0.3 is 18.3 Å². The lowest BCUT2D eigenvalue weighted by Crippen LogP contribution is -2.51. The van der Waals surface area contributed by atoms with E-state index in [-0.39, 0.29) is 5.75 Å². The van der Waals surface area contributed by atoms with E-state index in [9.17, 15) is 28.3 Å². The Morgan fingerprint density at radius 1 is 1.19 bits per heavy atom. The largest absolute Gasteiger partial charge is 0.462 e.